The van der Waals surface area contributed by atoms with Gasteiger partial charge in [-0.2, -0.15) is 0 Å². The predicted molar refractivity (Wildman–Crippen MR) is 25.8 cm³/mol. The van der Waals surface area contributed by atoms with E-state index >= 15 is 0 Å². The van der Waals surface area contributed by atoms with Gasteiger partial charge in [0.25, 0.3) is 0 Å². The molecule has 0 aliphatic carbocycles. The zero-order valence-corrected chi connectivity index (χ0v) is 4.34. The van der Waals surface area contributed by atoms with Gasteiger partial charge in [0.15, 0.2) is 6.54 Å². The smallest absolute Gasteiger partial charge is 0.329 e. The number of hydrogen-bond donors (Lipinski definition) is 2. The monoisotopic (exact) mass is 116 g/mol. The number of carbonyl (C=O) groups excluding carboxylic acids is 1. The summed E-state index contributed by atoms with van der Waals surface area (Å²) in [5.41, 5.74) is 0. The third-order valence-electron chi connectivity index (χ3n) is 0.399. The van der Waals surface area contributed by atoms with Crippen LogP contribution in [0, 0.1) is 6.54 Å². The number of carboxylic acid groups (broad SMARTS) is 1. The van der Waals surface area contributed by atoms with Gasteiger partial charge in [-0.3, -0.25) is 4.79 Å². The van der Waals surface area contributed by atoms with E-state index in [1.54, 1.807) is 0 Å². The summed E-state index contributed by atoms with van der Waals surface area (Å²) < 4.78 is 0. The molecule has 45 valence electrons. The Balaban J connectivity index is 3.18. The zero-order chi connectivity index (χ0) is 6.57. The summed E-state index contributed by atoms with van der Waals surface area (Å²) in [4.78, 5) is 19.6. The van der Waals surface area contributed by atoms with Gasteiger partial charge in [0.05, 0.1) is 0 Å². The Labute approximate surface area is 46.5 Å². The largest absolute Gasteiger partial charge is 0.480 e. The predicted octanol–water partition coefficient (Wildman–Crippen LogP) is -0.631. The van der Waals surface area contributed by atoms with Gasteiger partial charge in [-0.25, -0.2) is 4.79 Å². The van der Waals surface area contributed by atoms with Gasteiger partial charge >= 0.3 is 5.97 Å². The highest BCUT2D eigenvalue weighted by atomic mass is 16.4. The van der Waals surface area contributed by atoms with Crippen LogP contribution in [0.1, 0.15) is 6.92 Å². The van der Waals surface area contributed by atoms with Gasteiger partial charge in [-0.05, 0) is 0 Å². The molecule has 0 bridgehead atoms. The van der Waals surface area contributed by atoms with Crippen molar-refractivity contribution < 1.29 is 14.7 Å². The molecule has 0 heterocycles. The SMILES string of the molecule is CC(=O)N[CH]C(=O)O. The maximum atomic E-state index is 9.94. The first-order valence-electron chi connectivity index (χ1n) is 1.96. The fourth-order valence-electron chi connectivity index (χ4n) is 0.163. The molecule has 0 fully saturated rings. The van der Waals surface area contributed by atoms with Crippen LogP contribution < -0.4 is 5.32 Å². The molecule has 0 aliphatic heterocycles. The summed E-state index contributed by atoms with van der Waals surface area (Å²) in [5, 5.41) is 9.87. The molecule has 2 N–H and O–H groups in total. The van der Waals surface area contributed by atoms with Crippen molar-refractivity contribution in [2.45, 2.75) is 6.92 Å². The van der Waals surface area contributed by atoms with E-state index in [0.29, 0.717) is 6.54 Å². The lowest BCUT2D eigenvalue weighted by atomic mass is 10.6. The van der Waals surface area contributed by atoms with Crippen LogP contribution in [0.4, 0.5) is 0 Å². The second-order valence-corrected chi connectivity index (χ2v) is 1.18. The van der Waals surface area contributed by atoms with Crippen LogP contribution in [0.2, 0.25) is 0 Å². The minimum atomic E-state index is -1.15. The molecule has 0 spiro atoms. The Morgan fingerprint density at radius 2 is 2.12 bits per heavy atom. The molecule has 1 radical (unpaired) electrons. The highest BCUT2D eigenvalue weighted by molar-refractivity contribution is 5.83. The van der Waals surface area contributed by atoms with Crippen molar-refractivity contribution >= 4 is 11.9 Å². The lowest BCUT2D eigenvalue weighted by molar-refractivity contribution is -0.135. The molecule has 0 aliphatic rings. The van der Waals surface area contributed by atoms with Crippen LogP contribution in [0.25, 0.3) is 0 Å². The maximum absolute atomic E-state index is 9.94. The molecule has 8 heavy (non-hydrogen) atoms. The minimum Gasteiger partial charge on any atom is -0.480 e. The quantitative estimate of drug-likeness (QED) is 0.504. The van der Waals surface area contributed by atoms with Gasteiger partial charge < -0.3 is 10.4 Å². The number of rotatable bonds is 2. The number of carbonyl (C=O) groups is 2. The molecule has 0 aromatic heterocycles. The molecule has 0 saturated heterocycles. The van der Waals surface area contributed by atoms with Gasteiger partial charge in [0, 0.05) is 6.92 Å². The van der Waals surface area contributed by atoms with Gasteiger partial charge in [-0.15, -0.1) is 0 Å². The van der Waals surface area contributed by atoms with Crippen LogP contribution in [0.15, 0.2) is 0 Å². The third-order valence-corrected chi connectivity index (χ3v) is 0.399. The maximum Gasteiger partial charge on any atom is 0.329 e. The summed E-state index contributed by atoms with van der Waals surface area (Å²) >= 11 is 0. The van der Waals surface area contributed by atoms with Crippen LogP contribution in [-0.4, -0.2) is 17.0 Å². The normalized spacial score (nSPS) is 8.12. The third kappa shape index (κ3) is 4.94. The molecular weight excluding hydrogens is 110 g/mol. The fraction of sp³-hybridized carbons (Fsp3) is 0.250. The molecular formula is C4H6NO3. The second-order valence-electron chi connectivity index (χ2n) is 1.18. The fourth-order valence-corrected chi connectivity index (χ4v) is 0.163. The van der Waals surface area contributed by atoms with Crippen molar-refractivity contribution in [3.8, 4) is 0 Å². The van der Waals surface area contributed by atoms with Crippen molar-refractivity contribution in [1.82, 2.24) is 5.32 Å². The van der Waals surface area contributed by atoms with Crippen LogP contribution in [0.5, 0.6) is 0 Å². The molecule has 0 atom stereocenters. The Morgan fingerprint density at radius 1 is 1.62 bits per heavy atom. The minimum absolute atomic E-state index is 0.382. The van der Waals surface area contributed by atoms with E-state index in [4.69, 9.17) is 5.11 Å². The van der Waals surface area contributed by atoms with Crippen LogP contribution >= 0.6 is 0 Å². The molecule has 0 aromatic rings. The molecule has 1 amide bonds. The topological polar surface area (TPSA) is 66.4 Å². The first-order valence-corrected chi connectivity index (χ1v) is 1.96. The van der Waals surface area contributed by atoms with Crippen LogP contribution in [0.3, 0.4) is 0 Å². The average Bonchev–Trinajstić information content (AvgIpc) is 1.61. The standard InChI is InChI=1S/C4H6NO3/c1-3(6)5-2-4(7)8/h2H,1H3,(H,5,6)(H,7,8). The molecule has 0 aromatic carbocycles. The lowest BCUT2D eigenvalue weighted by Gasteiger charge is -1.91. The van der Waals surface area contributed by atoms with E-state index in [9.17, 15) is 9.59 Å². The number of aliphatic carboxylic acids is 1. The lowest BCUT2D eigenvalue weighted by Crippen LogP contribution is -2.20. The van der Waals surface area contributed by atoms with E-state index in [-0.39, 0.29) is 5.91 Å². The van der Waals surface area contributed by atoms with Gasteiger partial charge in [0.2, 0.25) is 5.91 Å². The molecule has 0 unspecified atom stereocenters. The average molecular weight is 116 g/mol. The van der Waals surface area contributed by atoms with Crippen LogP contribution in [-0.2, 0) is 9.59 Å². The highest BCUT2D eigenvalue weighted by Crippen LogP contribution is 1.67. The Hall–Kier alpha value is -1.06. The van der Waals surface area contributed by atoms with E-state index in [2.05, 4.69) is 0 Å². The van der Waals surface area contributed by atoms with Crippen molar-refractivity contribution in [3.63, 3.8) is 0 Å². The van der Waals surface area contributed by atoms with Gasteiger partial charge in [-0.1, -0.05) is 0 Å². The summed E-state index contributed by atoms with van der Waals surface area (Å²) in [6, 6.07) is 0. The Bertz CT molecular complexity index is 95.9. The highest BCUT2D eigenvalue weighted by Gasteiger charge is 1.96. The summed E-state index contributed by atoms with van der Waals surface area (Å²) in [5.74, 6) is -1.53. The number of hydrogen-bond acceptors (Lipinski definition) is 2. The Kier molecular flexibility index (Phi) is 2.61. The van der Waals surface area contributed by atoms with Gasteiger partial charge in [0.1, 0.15) is 0 Å². The number of nitrogens with one attached hydrogen (secondary N) is 1. The first kappa shape index (κ1) is 6.94. The number of amides is 1. The van der Waals surface area contributed by atoms with Crippen molar-refractivity contribution in [1.29, 1.82) is 0 Å². The van der Waals surface area contributed by atoms with E-state index < -0.39 is 5.97 Å². The van der Waals surface area contributed by atoms with Crippen molar-refractivity contribution in [2.75, 3.05) is 0 Å². The molecule has 0 saturated carbocycles. The molecule has 0 rings (SSSR count). The van der Waals surface area contributed by atoms with E-state index in [0.717, 1.165) is 0 Å². The Morgan fingerprint density at radius 3 is 2.25 bits per heavy atom. The second kappa shape index (κ2) is 3.01. The van der Waals surface area contributed by atoms with Crippen molar-refractivity contribution in [3.05, 3.63) is 6.54 Å². The summed E-state index contributed by atoms with van der Waals surface area (Å²) in [6.07, 6.45) is 0. The molecule has 4 nitrogen and oxygen atoms in total. The zero-order valence-electron chi connectivity index (χ0n) is 4.34. The first-order chi connectivity index (χ1) is 3.63. The number of carboxylic acids is 1. The van der Waals surface area contributed by atoms with E-state index in [1.165, 1.54) is 6.92 Å². The molecule has 4 heteroatoms. The van der Waals surface area contributed by atoms with Crippen molar-refractivity contribution in [2.24, 2.45) is 0 Å². The summed E-state index contributed by atoms with van der Waals surface area (Å²) in [6.45, 7) is 1.92. The summed E-state index contributed by atoms with van der Waals surface area (Å²) in [7, 11) is 0. The van der Waals surface area contributed by atoms with E-state index in [1.807, 2.05) is 5.32 Å².